The minimum Gasteiger partial charge on any atom is -0.458 e. The van der Waals surface area contributed by atoms with Gasteiger partial charge in [-0.05, 0) is 18.8 Å². The van der Waals surface area contributed by atoms with Gasteiger partial charge in [0.2, 0.25) is 0 Å². The second-order valence-corrected chi connectivity index (χ2v) is 5.77. The van der Waals surface area contributed by atoms with E-state index in [0.29, 0.717) is 32.1 Å². The standard InChI is InChI=1S/C13H16ClNO4/c14-1-2-17-3-4-18-10-8-5-9-11(10)19-12(16)13(9,6-8)7-15/h8-11H,1-6H2. The Balaban J connectivity index is 1.58. The van der Waals surface area contributed by atoms with Gasteiger partial charge in [-0.15, -0.1) is 11.6 Å². The highest BCUT2D eigenvalue weighted by Gasteiger charge is 2.71. The number of ether oxygens (including phenoxy) is 3. The van der Waals surface area contributed by atoms with Crippen LogP contribution in [0.25, 0.3) is 0 Å². The number of rotatable bonds is 6. The van der Waals surface area contributed by atoms with Crippen molar-refractivity contribution in [2.45, 2.75) is 25.0 Å². The molecule has 0 aromatic heterocycles. The molecule has 5 unspecified atom stereocenters. The van der Waals surface area contributed by atoms with E-state index in [-0.39, 0.29) is 30.0 Å². The molecule has 0 aromatic carbocycles. The fourth-order valence-corrected chi connectivity index (χ4v) is 3.86. The number of nitrogens with zero attached hydrogens (tertiary/aromatic N) is 1. The first-order chi connectivity index (χ1) is 9.23. The normalized spacial score (nSPS) is 42.4. The number of hydrogen-bond donors (Lipinski definition) is 0. The molecule has 0 amide bonds. The van der Waals surface area contributed by atoms with Gasteiger partial charge in [0.15, 0.2) is 5.41 Å². The van der Waals surface area contributed by atoms with Gasteiger partial charge in [-0.25, -0.2) is 0 Å². The summed E-state index contributed by atoms with van der Waals surface area (Å²) >= 11 is 5.50. The second-order valence-electron chi connectivity index (χ2n) is 5.40. The zero-order valence-electron chi connectivity index (χ0n) is 10.5. The van der Waals surface area contributed by atoms with Crippen molar-refractivity contribution in [2.24, 2.45) is 17.3 Å². The lowest BCUT2D eigenvalue weighted by atomic mass is 9.75. The van der Waals surface area contributed by atoms with E-state index in [0.717, 1.165) is 6.42 Å². The first kappa shape index (κ1) is 13.2. The minimum absolute atomic E-state index is 0.0174. The third-order valence-electron chi connectivity index (χ3n) is 4.53. The van der Waals surface area contributed by atoms with Gasteiger partial charge >= 0.3 is 5.97 Å². The number of carbonyl (C=O) groups excluding carboxylic acids is 1. The Labute approximate surface area is 116 Å². The van der Waals surface area contributed by atoms with Crippen LogP contribution in [0.15, 0.2) is 0 Å². The van der Waals surface area contributed by atoms with Crippen LogP contribution < -0.4 is 0 Å². The average Bonchev–Trinajstić information content (AvgIpc) is 2.99. The molecule has 2 aliphatic carbocycles. The van der Waals surface area contributed by atoms with Gasteiger partial charge in [0, 0.05) is 11.8 Å². The zero-order chi connectivity index (χ0) is 13.5. The molecule has 6 heteroatoms. The van der Waals surface area contributed by atoms with E-state index in [9.17, 15) is 10.1 Å². The predicted molar refractivity (Wildman–Crippen MR) is 65.4 cm³/mol. The van der Waals surface area contributed by atoms with Gasteiger partial charge in [-0.1, -0.05) is 0 Å². The Kier molecular flexibility index (Phi) is 3.42. The van der Waals surface area contributed by atoms with Crippen molar-refractivity contribution < 1.29 is 19.0 Å². The summed E-state index contributed by atoms with van der Waals surface area (Å²) < 4.78 is 16.4. The van der Waals surface area contributed by atoms with E-state index in [1.54, 1.807) is 0 Å². The molecule has 3 rings (SSSR count). The summed E-state index contributed by atoms with van der Waals surface area (Å²) in [5, 5.41) is 9.27. The van der Waals surface area contributed by atoms with Crippen molar-refractivity contribution in [3.63, 3.8) is 0 Å². The van der Waals surface area contributed by atoms with E-state index in [2.05, 4.69) is 6.07 Å². The van der Waals surface area contributed by atoms with Gasteiger partial charge in [0.1, 0.15) is 6.10 Å². The van der Waals surface area contributed by atoms with Crippen molar-refractivity contribution in [2.75, 3.05) is 25.7 Å². The Hall–Kier alpha value is -0.830. The molecule has 1 aliphatic heterocycles. The van der Waals surface area contributed by atoms with Gasteiger partial charge in [0.05, 0.1) is 32.0 Å². The van der Waals surface area contributed by atoms with Crippen LogP contribution in [-0.2, 0) is 19.0 Å². The molecule has 19 heavy (non-hydrogen) atoms. The Morgan fingerprint density at radius 2 is 2.32 bits per heavy atom. The highest BCUT2D eigenvalue weighted by atomic mass is 35.5. The zero-order valence-corrected chi connectivity index (χ0v) is 11.3. The summed E-state index contributed by atoms with van der Waals surface area (Å²) in [4.78, 5) is 11.9. The number of nitriles is 1. The molecule has 3 aliphatic rings. The summed E-state index contributed by atoms with van der Waals surface area (Å²) in [5.41, 5.74) is -0.885. The number of esters is 1. The molecular weight excluding hydrogens is 270 g/mol. The summed E-state index contributed by atoms with van der Waals surface area (Å²) in [6.45, 7) is 1.47. The van der Waals surface area contributed by atoms with E-state index in [1.807, 2.05) is 0 Å². The van der Waals surface area contributed by atoms with Crippen LogP contribution in [0.1, 0.15) is 12.8 Å². The van der Waals surface area contributed by atoms with Crippen LogP contribution in [0.4, 0.5) is 0 Å². The molecular formula is C13H16ClNO4. The van der Waals surface area contributed by atoms with Gasteiger partial charge in [0.25, 0.3) is 0 Å². The predicted octanol–water partition coefficient (Wildman–Crippen LogP) is 1.10. The van der Waals surface area contributed by atoms with Gasteiger partial charge in [-0.3, -0.25) is 4.79 Å². The fourth-order valence-electron chi connectivity index (χ4n) is 3.76. The van der Waals surface area contributed by atoms with Gasteiger partial charge < -0.3 is 14.2 Å². The SMILES string of the molecule is N#CC12CC3CC1C(OC2=O)C3OCCOCCCl. The molecule has 5 nitrogen and oxygen atoms in total. The largest absolute Gasteiger partial charge is 0.458 e. The second kappa shape index (κ2) is 4.93. The first-order valence-electron chi connectivity index (χ1n) is 6.60. The molecule has 0 aromatic rings. The van der Waals surface area contributed by atoms with Crippen LogP contribution in [0.3, 0.4) is 0 Å². The Morgan fingerprint density at radius 3 is 3.05 bits per heavy atom. The maximum Gasteiger partial charge on any atom is 0.327 e. The van der Waals surface area contributed by atoms with E-state index < -0.39 is 5.41 Å². The Bertz CT molecular complexity index is 423. The molecule has 5 atom stereocenters. The fraction of sp³-hybridized carbons (Fsp3) is 0.846. The highest BCUT2D eigenvalue weighted by Crippen LogP contribution is 2.62. The lowest BCUT2D eigenvalue weighted by Gasteiger charge is -2.28. The van der Waals surface area contributed by atoms with Crippen molar-refractivity contribution in [1.82, 2.24) is 0 Å². The number of fused-ring (bicyclic) bond motifs is 1. The molecule has 104 valence electrons. The summed E-state index contributed by atoms with van der Waals surface area (Å²) in [6.07, 6.45) is 1.13. The maximum atomic E-state index is 11.9. The molecule has 0 N–H and O–H groups in total. The molecule has 3 fully saturated rings. The topological polar surface area (TPSA) is 68.5 Å². The molecule has 1 saturated heterocycles. The number of carbonyl (C=O) groups is 1. The summed E-state index contributed by atoms with van der Waals surface area (Å²) in [6, 6.07) is 2.19. The molecule has 2 bridgehead atoms. The lowest BCUT2D eigenvalue weighted by Crippen LogP contribution is -2.39. The van der Waals surface area contributed by atoms with E-state index in [4.69, 9.17) is 25.8 Å². The van der Waals surface area contributed by atoms with Crippen molar-refractivity contribution in [3.05, 3.63) is 0 Å². The third-order valence-corrected chi connectivity index (χ3v) is 4.68. The molecule has 0 spiro atoms. The number of halogens is 1. The Morgan fingerprint density at radius 1 is 1.47 bits per heavy atom. The number of hydrogen-bond acceptors (Lipinski definition) is 5. The van der Waals surface area contributed by atoms with E-state index in [1.165, 1.54) is 0 Å². The van der Waals surface area contributed by atoms with E-state index >= 15 is 0 Å². The monoisotopic (exact) mass is 285 g/mol. The van der Waals surface area contributed by atoms with Crippen LogP contribution in [0.2, 0.25) is 0 Å². The summed E-state index contributed by atoms with van der Waals surface area (Å²) in [5.74, 6) is 0.397. The van der Waals surface area contributed by atoms with Gasteiger partial charge in [-0.2, -0.15) is 5.26 Å². The molecule has 0 radical (unpaired) electrons. The lowest BCUT2D eigenvalue weighted by molar-refractivity contribution is -0.149. The van der Waals surface area contributed by atoms with Crippen LogP contribution in [-0.4, -0.2) is 43.9 Å². The maximum absolute atomic E-state index is 11.9. The number of alkyl halides is 1. The quantitative estimate of drug-likeness (QED) is 0.415. The van der Waals surface area contributed by atoms with Crippen molar-refractivity contribution in [1.29, 1.82) is 5.26 Å². The van der Waals surface area contributed by atoms with Crippen molar-refractivity contribution in [3.8, 4) is 6.07 Å². The van der Waals surface area contributed by atoms with Crippen molar-refractivity contribution >= 4 is 17.6 Å². The van der Waals surface area contributed by atoms with Crippen LogP contribution >= 0.6 is 11.6 Å². The van der Waals surface area contributed by atoms with Crippen LogP contribution in [0, 0.1) is 28.6 Å². The molecule has 1 heterocycles. The first-order valence-corrected chi connectivity index (χ1v) is 7.14. The molecule has 2 saturated carbocycles. The highest BCUT2D eigenvalue weighted by molar-refractivity contribution is 6.17. The third kappa shape index (κ3) is 1.85. The minimum atomic E-state index is -0.885. The smallest absolute Gasteiger partial charge is 0.327 e. The average molecular weight is 286 g/mol. The van der Waals surface area contributed by atoms with Crippen LogP contribution in [0.5, 0.6) is 0 Å². The summed E-state index contributed by atoms with van der Waals surface area (Å²) in [7, 11) is 0.